The van der Waals surface area contributed by atoms with Crippen molar-refractivity contribution in [2.24, 2.45) is 10.7 Å². The van der Waals surface area contributed by atoms with Crippen LogP contribution in [-0.4, -0.2) is 35.9 Å². The third kappa shape index (κ3) is 4.53. The van der Waals surface area contributed by atoms with Crippen LogP contribution >= 0.6 is 15.9 Å². The predicted molar refractivity (Wildman–Crippen MR) is 101 cm³/mol. The average Bonchev–Trinajstić information content (AvgIpc) is 2.68. The summed E-state index contributed by atoms with van der Waals surface area (Å²) in [6.07, 6.45) is -6.96. The van der Waals surface area contributed by atoms with E-state index in [0.717, 1.165) is 12.1 Å². The second kappa shape index (κ2) is 8.17. The van der Waals surface area contributed by atoms with Crippen LogP contribution in [0.25, 0.3) is 0 Å². The third-order valence-electron chi connectivity index (χ3n) is 4.38. The number of hydrogen-bond donors (Lipinski definition) is 2. The SMILES string of the molecule is NC1=NC(CF)(c2cc(NC(=O)c3ccc(Br)cn3)ccc2F)CC(C(F)(F)F)O1. The topological polar surface area (TPSA) is 89.6 Å². The van der Waals surface area contributed by atoms with Gasteiger partial charge in [0.2, 0.25) is 0 Å². The van der Waals surface area contributed by atoms with Crippen molar-refractivity contribution in [1.29, 1.82) is 0 Å². The zero-order valence-electron chi connectivity index (χ0n) is 15.0. The molecule has 2 unspecified atom stereocenters. The lowest BCUT2D eigenvalue weighted by atomic mass is 9.84. The zero-order chi connectivity index (χ0) is 22.1. The number of ether oxygens (including phenoxy) is 1. The number of nitrogens with one attached hydrogen (secondary N) is 1. The summed E-state index contributed by atoms with van der Waals surface area (Å²) in [6.45, 7) is -1.47. The minimum absolute atomic E-state index is 0.0118. The molecule has 0 fully saturated rings. The second-order valence-electron chi connectivity index (χ2n) is 6.48. The molecule has 30 heavy (non-hydrogen) atoms. The Balaban J connectivity index is 1.96. The van der Waals surface area contributed by atoms with Gasteiger partial charge >= 0.3 is 6.18 Å². The van der Waals surface area contributed by atoms with E-state index in [9.17, 15) is 26.7 Å². The quantitative estimate of drug-likeness (QED) is 0.629. The number of benzene rings is 1. The fourth-order valence-corrected chi connectivity index (χ4v) is 3.19. The van der Waals surface area contributed by atoms with Gasteiger partial charge in [0.05, 0.1) is 0 Å². The maximum atomic E-state index is 14.5. The molecule has 160 valence electrons. The molecule has 0 bridgehead atoms. The number of hydrogen-bond acceptors (Lipinski definition) is 5. The highest BCUT2D eigenvalue weighted by Gasteiger charge is 2.52. The summed E-state index contributed by atoms with van der Waals surface area (Å²) in [5, 5.41) is 2.44. The Morgan fingerprint density at radius 1 is 1.33 bits per heavy atom. The molecule has 2 heterocycles. The van der Waals surface area contributed by atoms with E-state index in [4.69, 9.17) is 5.73 Å². The van der Waals surface area contributed by atoms with Crippen molar-refractivity contribution >= 4 is 33.5 Å². The fourth-order valence-electron chi connectivity index (χ4n) is 2.95. The summed E-state index contributed by atoms with van der Waals surface area (Å²) < 4.78 is 73.1. The van der Waals surface area contributed by atoms with Crippen molar-refractivity contribution in [3.63, 3.8) is 0 Å². The van der Waals surface area contributed by atoms with Crippen molar-refractivity contribution in [3.05, 3.63) is 58.1 Å². The summed E-state index contributed by atoms with van der Waals surface area (Å²) >= 11 is 3.18. The van der Waals surface area contributed by atoms with Crippen molar-refractivity contribution in [1.82, 2.24) is 4.98 Å². The lowest BCUT2D eigenvalue weighted by Crippen LogP contribution is -2.48. The molecule has 1 aliphatic rings. The molecule has 6 nitrogen and oxygen atoms in total. The summed E-state index contributed by atoms with van der Waals surface area (Å²) in [5.74, 6) is -1.66. The zero-order valence-corrected chi connectivity index (χ0v) is 16.6. The minimum Gasteiger partial charge on any atom is -0.452 e. The van der Waals surface area contributed by atoms with Gasteiger partial charge in [0.1, 0.15) is 23.7 Å². The van der Waals surface area contributed by atoms with Gasteiger partial charge in [-0.3, -0.25) is 4.79 Å². The van der Waals surface area contributed by atoms with Gasteiger partial charge in [0, 0.05) is 28.3 Å². The standard InChI is InChI=1S/C18H14BrF5N4O2/c19-9-1-4-13(26-7-9)15(29)27-10-2-3-12(21)11(5-10)17(8-20)6-14(18(22,23)24)30-16(25)28-17/h1-5,7,14H,6,8H2,(H2,25,28)(H,27,29). The maximum Gasteiger partial charge on any atom is 0.425 e. The van der Waals surface area contributed by atoms with E-state index < -0.39 is 54.2 Å². The highest BCUT2D eigenvalue weighted by molar-refractivity contribution is 9.10. The van der Waals surface area contributed by atoms with E-state index in [1.807, 2.05) is 0 Å². The van der Waals surface area contributed by atoms with Crippen LogP contribution in [0.4, 0.5) is 27.6 Å². The minimum atomic E-state index is -4.86. The first-order valence-corrected chi connectivity index (χ1v) is 9.21. The third-order valence-corrected chi connectivity index (χ3v) is 4.85. The number of aromatic nitrogens is 1. The number of carbonyl (C=O) groups is 1. The molecule has 3 N–H and O–H groups in total. The van der Waals surface area contributed by atoms with Crippen molar-refractivity contribution in [2.45, 2.75) is 24.2 Å². The maximum absolute atomic E-state index is 14.5. The van der Waals surface area contributed by atoms with Crippen molar-refractivity contribution < 1.29 is 31.5 Å². The van der Waals surface area contributed by atoms with E-state index >= 15 is 0 Å². The molecule has 1 amide bonds. The number of carbonyl (C=O) groups excluding carboxylic acids is 1. The first kappa shape index (κ1) is 21.9. The largest absolute Gasteiger partial charge is 0.452 e. The van der Waals surface area contributed by atoms with E-state index in [0.29, 0.717) is 4.47 Å². The highest BCUT2D eigenvalue weighted by Crippen LogP contribution is 2.42. The normalized spacial score (nSPS) is 21.5. The van der Waals surface area contributed by atoms with Crippen LogP contribution < -0.4 is 11.1 Å². The Bertz CT molecular complexity index is 984. The number of anilines is 1. The molecule has 2 atom stereocenters. The molecule has 0 aliphatic carbocycles. The van der Waals surface area contributed by atoms with Crippen molar-refractivity contribution in [3.8, 4) is 0 Å². The van der Waals surface area contributed by atoms with Gasteiger partial charge < -0.3 is 15.8 Å². The number of nitrogens with two attached hydrogens (primary N) is 1. The number of amides is 1. The Labute approximate surface area is 175 Å². The Hall–Kier alpha value is -2.76. The van der Waals surface area contributed by atoms with Crippen LogP contribution in [0.1, 0.15) is 22.5 Å². The number of halogens is 6. The fraction of sp³-hybridized carbons (Fsp3) is 0.278. The van der Waals surface area contributed by atoms with Gasteiger partial charge in [0.15, 0.2) is 6.10 Å². The van der Waals surface area contributed by atoms with Crippen LogP contribution in [0.3, 0.4) is 0 Å². The molecule has 1 aromatic carbocycles. The lowest BCUT2D eigenvalue weighted by molar-refractivity contribution is -0.209. The molecular weight excluding hydrogens is 479 g/mol. The van der Waals surface area contributed by atoms with Crippen LogP contribution in [0.2, 0.25) is 0 Å². The Kier molecular flexibility index (Phi) is 5.97. The number of rotatable bonds is 4. The van der Waals surface area contributed by atoms with Crippen LogP contribution in [0.5, 0.6) is 0 Å². The summed E-state index contributed by atoms with van der Waals surface area (Å²) in [7, 11) is 0. The summed E-state index contributed by atoms with van der Waals surface area (Å²) in [6, 6.07) is 5.17. The van der Waals surface area contributed by atoms with Gasteiger partial charge in [-0.25, -0.2) is 18.8 Å². The van der Waals surface area contributed by atoms with E-state index in [2.05, 4.69) is 36.0 Å². The van der Waals surface area contributed by atoms with E-state index in [1.54, 1.807) is 6.07 Å². The Morgan fingerprint density at radius 3 is 2.67 bits per heavy atom. The van der Waals surface area contributed by atoms with Gasteiger partial charge in [-0.1, -0.05) is 0 Å². The number of pyridine rings is 1. The number of amidine groups is 1. The molecule has 2 aromatic rings. The second-order valence-corrected chi connectivity index (χ2v) is 7.39. The molecule has 0 saturated heterocycles. The highest BCUT2D eigenvalue weighted by atomic mass is 79.9. The molecule has 0 radical (unpaired) electrons. The van der Waals surface area contributed by atoms with Crippen LogP contribution in [0, 0.1) is 5.82 Å². The summed E-state index contributed by atoms with van der Waals surface area (Å²) in [4.78, 5) is 19.9. The van der Waals surface area contributed by atoms with Gasteiger partial charge in [0.25, 0.3) is 11.9 Å². The number of alkyl halides is 4. The van der Waals surface area contributed by atoms with Crippen molar-refractivity contribution in [2.75, 3.05) is 12.0 Å². The molecular formula is C18H14BrF5N4O2. The first-order valence-electron chi connectivity index (χ1n) is 8.42. The number of nitrogens with zero attached hydrogens (tertiary/aromatic N) is 2. The van der Waals surface area contributed by atoms with Crippen LogP contribution in [-0.2, 0) is 10.3 Å². The first-order chi connectivity index (χ1) is 14.0. The molecule has 0 saturated carbocycles. The molecule has 1 aliphatic heterocycles. The van der Waals surface area contributed by atoms with Crippen LogP contribution in [0.15, 0.2) is 46.0 Å². The van der Waals surface area contributed by atoms with Gasteiger partial charge in [-0.15, -0.1) is 0 Å². The van der Waals surface area contributed by atoms with E-state index in [1.165, 1.54) is 18.3 Å². The molecule has 3 rings (SSSR count). The van der Waals surface area contributed by atoms with Gasteiger partial charge in [-0.2, -0.15) is 13.2 Å². The monoisotopic (exact) mass is 492 g/mol. The average molecular weight is 493 g/mol. The lowest BCUT2D eigenvalue weighted by Gasteiger charge is -2.36. The smallest absolute Gasteiger partial charge is 0.425 e. The summed E-state index contributed by atoms with van der Waals surface area (Å²) in [5.41, 5.74) is 2.62. The molecule has 1 aromatic heterocycles. The Morgan fingerprint density at radius 2 is 2.07 bits per heavy atom. The predicted octanol–water partition coefficient (Wildman–Crippen LogP) is 4.07. The molecule has 12 heteroatoms. The van der Waals surface area contributed by atoms with E-state index in [-0.39, 0.29) is 11.4 Å². The van der Waals surface area contributed by atoms with Gasteiger partial charge in [-0.05, 0) is 46.3 Å². The molecule has 0 spiro atoms. The number of aliphatic imine (C=N–C) groups is 1.